The summed E-state index contributed by atoms with van der Waals surface area (Å²) in [7, 11) is 1.81. The number of aromatic nitrogens is 1. The van der Waals surface area contributed by atoms with E-state index in [1.54, 1.807) is 7.05 Å². The second-order valence-electron chi connectivity index (χ2n) is 8.99. The molecule has 1 aromatic heterocycles. The molecule has 0 aliphatic carbocycles. The highest BCUT2D eigenvalue weighted by atomic mass is 16.1. The van der Waals surface area contributed by atoms with Gasteiger partial charge in [-0.15, -0.1) is 0 Å². The number of anilines is 2. The Morgan fingerprint density at radius 3 is 2.55 bits per heavy atom. The third-order valence-corrected chi connectivity index (χ3v) is 6.66. The van der Waals surface area contributed by atoms with Crippen LogP contribution in [0.2, 0.25) is 0 Å². The van der Waals surface area contributed by atoms with Crippen LogP contribution in [-0.4, -0.2) is 56.1 Å². The van der Waals surface area contributed by atoms with Gasteiger partial charge in [0.1, 0.15) is 5.82 Å². The van der Waals surface area contributed by atoms with Crippen molar-refractivity contribution in [2.24, 2.45) is 16.6 Å². The molecule has 0 bridgehead atoms. The van der Waals surface area contributed by atoms with Crippen molar-refractivity contribution in [1.82, 2.24) is 15.6 Å². The Labute approximate surface area is 196 Å². The first-order chi connectivity index (χ1) is 16.0. The molecule has 1 unspecified atom stereocenters. The number of primary amides is 1. The Kier molecular flexibility index (Phi) is 7.32. The molecule has 0 spiro atoms. The number of aryl methyl sites for hydroxylation is 1. The lowest BCUT2D eigenvalue weighted by Crippen LogP contribution is -2.44. The van der Waals surface area contributed by atoms with E-state index in [9.17, 15) is 4.79 Å². The molecule has 4 N–H and O–H groups in total. The molecule has 2 fully saturated rings. The Balaban J connectivity index is 1.31. The highest BCUT2D eigenvalue weighted by Gasteiger charge is 2.26. The number of carbonyl (C=O) groups excluding carboxylic acids is 1. The number of nitrogens with two attached hydrogens (primary N) is 1. The van der Waals surface area contributed by atoms with Crippen LogP contribution in [0.25, 0.3) is 0 Å². The molecule has 2 aliphatic rings. The van der Waals surface area contributed by atoms with Crippen LogP contribution in [-0.2, 0) is 11.3 Å². The SMILES string of the molecule is CN=C(NCc1cccnc1N1CCC(C(N)=O)CC1)NC1CCN(c2ccc(C)cc2)C1. The number of rotatable bonds is 6. The van der Waals surface area contributed by atoms with Crippen LogP contribution >= 0.6 is 0 Å². The molecule has 0 saturated carbocycles. The van der Waals surface area contributed by atoms with Crippen LogP contribution in [0.15, 0.2) is 47.6 Å². The summed E-state index contributed by atoms with van der Waals surface area (Å²) in [5, 5.41) is 7.04. The number of nitrogens with one attached hydrogen (secondary N) is 2. The van der Waals surface area contributed by atoms with E-state index in [1.165, 1.54) is 11.3 Å². The molecular formula is C25H35N7O. The van der Waals surface area contributed by atoms with Crippen molar-refractivity contribution in [3.05, 3.63) is 53.7 Å². The Morgan fingerprint density at radius 2 is 1.85 bits per heavy atom. The summed E-state index contributed by atoms with van der Waals surface area (Å²) in [5.74, 6) is 1.54. The molecule has 4 rings (SSSR count). The van der Waals surface area contributed by atoms with Crippen LogP contribution in [0.5, 0.6) is 0 Å². The summed E-state index contributed by atoms with van der Waals surface area (Å²) in [6.45, 7) is 6.32. The quantitative estimate of drug-likeness (QED) is 0.461. The molecule has 2 aliphatic heterocycles. The lowest BCUT2D eigenvalue weighted by atomic mass is 9.96. The molecule has 1 amide bonds. The normalized spacial score (nSPS) is 19.6. The molecular weight excluding hydrogens is 414 g/mol. The van der Waals surface area contributed by atoms with Crippen LogP contribution in [0.4, 0.5) is 11.5 Å². The standard InChI is InChI=1S/C25H35N7O/c1-18-5-7-22(8-6-18)32-15-11-21(17-32)30-25(27-2)29-16-20-4-3-12-28-24(20)31-13-9-19(10-14-31)23(26)33/h3-8,12,19,21H,9-11,13-17H2,1-2H3,(H2,26,33)(H2,27,29,30). The first-order valence-electron chi connectivity index (χ1n) is 11.8. The summed E-state index contributed by atoms with van der Waals surface area (Å²) >= 11 is 0. The number of amides is 1. The van der Waals surface area contributed by atoms with Gasteiger partial charge in [-0.25, -0.2) is 4.98 Å². The van der Waals surface area contributed by atoms with E-state index in [1.807, 2.05) is 12.3 Å². The van der Waals surface area contributed by atoms with Gasteiger partial charge in [0.25, 0.3) is 0 Å². The smallest absolute Gasteiger partial charge is 0.220 e. The second-order valence-corrected chi connectivity index (χ2v) is 8.99. The fourth-order valence-electron chi connectivity index (χ4n) is 4.66. The van der Waals surface area contributed by atoms with Crippen molar-refractivity contribution in [3.63, 3.8) is 0 Å². The molecule has 1 aromatic carbocycles. The minimum Gasteiger partial charge on any atom is -0.369 e. The summed E-state index contributed by atoms with van der Waals surface area (Å²) in [6.07, 6.45) is 4.45. The van der Waals surface area contributed by atoms with Crippen LogP contribution < -0.4 is 26.2 Å². The fraction of sp³-hybridized carbons (Fsp3) is 0.480. The molecule has 176 valence electrons. The maximum absolute atomic E-state index is 11.5. The predicted molar refractivity (Wildman–Crippen MR) is 133 cm³/mol. The Morgan fingerprint density at radius 1 is 1.12 bits per heavy atom. The topological polar surface area (TPSA) is 98.9 Å². The molecule has 2 saturated heterocycles. The minimum absolute atomic E-state index is 0.0274. The number of carbonyl (C=O) groups is 1. The predicted octanol–water partition coefficient (Wildman–Crippen LogP) is 2.04. The van der Waals surface area contributed by atoms with Crippen molar-refractivity contribution in [1.29, 1.82) is 0 Å². The lowest BCUT2D eigenvalue weighted by molar-refractivity contribution is -0.122. The monoisotopic (exact) mass is 449 g/mol. The maximum atomic E-state index is 11.5. The van der Waals surface area contributed by atoms with Gasteiger partial charge in [-0.1, -0.05) is 23.8 Å². The fourth-order valence-corrected chi connectivity index (χ4v) is 4.66. The van der Waals surface area contributed by atoms with Crippen molar-refractivity contribution in [3.8, 4) is 0 Å². The number of pyridine rings is 1. The minimum atomic E-state index is -0.194. The molecule has 8 nitrogen and oxygen atoms in total. The van der Waals surface area contributed by atoms with E-state index >= 15 is 0 Å². The van der Waals surface area contributed by atoms with Gasteiger partial charge in [0.15, 0.2) is 5.96 Å². The number of guanidine groups is 1. The number of hydrogen-bond donors (Lipinski definition) is 3. The molecule has 8 heteroatoms. The highest BCUT2D eigenvalue weighted by Crippen LogP contribution is 2.24. The first-order valence-corrected chi connectivity index (χ1v) is 11.8. The highest BCUT2D eigenvalue weighted by molar-refractivity contribution is 5.80. The average Bonchev–Trinajstić information content (AvgIpc) is 3.31. The van der Waals surface area contributed by atoms with Crippen molar-refractivity contribution >= 4 is 23.4 Å². The van der Waals surface area contributed by atoms with Crippen LogP contribution in [0.1, 0.15) is 30.4 Å². The Bertz CT molecular complexity index is 967. The third-order valence-electron chi connectivity index (χ3n) is 6.66. The molecule has 33 heavy (non-hydrogen) atoms. The van der Waals surface area contributed by atoms with Crippen LogP contribution in [0.3, 0.4) is 0 Å². The van der Waals surface area contributed by atoms with Gasteiger partial charge >= 0.3 is 0 Å². The molecule has 3 heterocycles. The van der Waals surface area contributed by atoms with Gasteiger partial charge in [-0.05, 0) is 44.4 Å². The largest absolute Gasteiger partial charge is 0.369 e. The van der Waals surface area contributed by atoms with Gasteiger partial charge in [-0.3, -0.25) is 9.79 Å². The number of benzene rings is 1. The maximum Gasteiger partial charge on any atom is 0.220 e. The van der Waals surface area contributed by atoms with Gasteiger partial charge in [-0.2, -0.15) is 0 Å². The van der Waals surface area contributed by atoms with Crippen LogP contribution in [0, 0.1) is 12.8 Å². The van der Waals surface area contributed by atoms with Gasteiger partial charge < -0.3 is 26.2 Å². The zero-order valence-electron chi connectivity index (χ0n) is 19.6. The van der Waals surface area contributed by atoms with E-state index in [0.717, 1.165) is 62.8 Å². The number of hydrogen-bond acceptors (Lipinski definition) is 5. The first kappa shape index (κ1) is 22.9. The van der Waals surface area contributed by atoms with E-state index < -0.39 is 0 Å². The zero-order valence-corrected chi connectivity index (χ0v) is 19.6. The summed E-state index contributed by atoms with van der Waals surface area (Å²) < 4.78 is 0. The summed E-state index contributed by atoms with van der Waals surface area (Å²) in [5.41, 5.74) is 9.16. The lowest BCUT2D eigenvalue weighted by Gasteiger charge is -2.32. The molecule has 2 aromatic rings. The molecule has 1 atom stereocenters. The summed E-state index contributed by atoms with van der Waals surface area (Å²) in [4.78, 5) is 25.2. The van der Waals surface area contributed by atoms with E-state index in [4.69, 9.17) is 5.73 Å². The average molecular weight is 450 g/mol. The molecule has 0 radical (unpaired) electrons. The van der Waals surface area contributed by atoms with E-state index in [2.05, 4.69) is 67.7 Å². The third kappa shape index (κ3) is 5.74. The summed E-state index contributed by atoms with van der Waals surface area (Å²) in [6, 6.07) is 13.1. The van der Waals surface area contributed by atoms with Gasteiger partial charge in [0.05, 0.1) is 0 Å². The van der Waals surface area contributed by atoms with Crippen molar-refractivity contribution in [2.45, 2.75) is 38.8 Å². The number of piperidine rings is 1. The Hall–Kier alpha value is -3.29. The number of nitrogens with zero attached hydrogens (tertiary/aromatic N) is 4. The van der Waals surface area contributed by atoms with E-state index in [-0.39, 0.29) is 11.8 Å². The van der Waals surface area contributed by atoms with E-state index in [0.29, 0.717) is 12.6 Å². The number of aliphatic imine (C=N–C) groups is 1. The van der Waals surface area contributed by atoms with Crippen molar-refractivity contribution in [2.75, 3.05) is 43.0 Å². The van der Waals surface area contributed by atoms with Crippen molar-refractivity contribution < 1.29 is 4.79 Å². The second kappa shape index (κ2) is 10.6. The zero-order chi connectivity index (χ0) is 23.2. The van der Waals surface area contributed by atoms with Gasteiger partial charge in [0.2, 0.25) is 5.91 Å². The van der Waals surface area contributed by atoms with Gasteiger partial charge in [0, 0.05) is 69.2 Å².